The number of anilines is 2. The van der Waals surface area contributed by atoms with Crippen molar-refractivity contribution in [1.82, 2.24) is 0 Å². The number of halogens is 2. The van der Waals surface area contributed by atoms with E-state index in [0.717, 1.165) is 21.3 Å². The summed E-state index contributed by atoms with van der Waals surface area (Å²) in [6.45, 7) is 4.23. The Bertz CT molecular complexity index is 836. The fourth-order valence-electron chi connectivity index (χ4n) is 2.88. The lowest BCUT2D eigenvalue weighted by Crippen LogP contribution is -2.28. The smallest absolute Gasteiger partial charge is 0.229 e. The molecule has 1 saturated heterocycles. The highest BCUT2D eigenvalue weighted by atomic mass is 79.9. The summed E-state index contributed by atoms with van der Waals surface area (Å²) in [5, 5.41) is 3.47. The van der Waals surface area contributed by atoms with Crippen molar-refractivity contribution in [3.05, 3.63) is 57.0 Å². The summed E-state index contributed by atoms with van der Waals surface area (Å²) < 4.78 is 0.784. The molecule has 1 aliphatic rings. The Balaban J connectivity index is 1.73. The van der Waals surface area contributed by atoms with Crippen LogP contribution in [0.3, 0.4) is 0 Å². The van der Waals surface area contributed by atoms with E-state index in [1.807, 2.05) is 38.1 Å². The van der Waals surface area contributed by atoms with E-state index in [9.17, 15) is 9.59 Å². The largest absolute Gasteiger partial charge is 0.325 e. The van der Waals surface area contributed by atoms with Gasteiger partial charge in [-0.1, -0.05) is 29.3 Å². The molecule has 1 aliphatic heterocycles. The summed E-state index contributed by atoms with van der Waals surface area (Å²) in [6.07, 6.45) is 0.211. The van der Waals surface area contributed by atoms with Gasteiger partial charge in [0.2, 0.25) is 11.8 Å². The second-order valence-corrected chi connectivity index (χ2v) is 7.50. The van der Waals surface area contributed by atoms with Crippen LogP contribution in [0.25, 0.3) is 0 Å². The Hall–Kier alpha value is -1.85. The zero-order valence-electron chi connectivity index (χ0n) is 14.0. The third-order valence-corrected chi connectivity index (χ3v) is 5.81. The molecule has 0 aromatic heterocycles. The summed E-state index contributed by atoms with van der Waals surface area (Å²) in [6, 6.07) is 11.3. The van der Waals surface area contributed by atoms with E-state index < -0.39 is 0 Å². The summed E-state index contributed by atoms with van der Waals surface area (Å²) in [7, 11) is 0. The van der Waals surface area contributed by atoms with Crippen molar-refractivity contribution in [1.29, 1.82) is 0 Å². The molecule has 0 radical (unpaired) electrons. The van der Waals surface area contributed by atoms with Gasteiger partial charge in [0, 0.05) is 28.8 Å². The zero-order chi connectivity index (χ0) is 18.1. The van der Waals surface area contributed by atoms with Crippen LogP contribution < -0.4 is 10.2 Å². The molecule has 6 heteroatoms. The van der Waals surface area contributed by atoms with Gasteiger partial charge in [-0.15, -0.1) is 0 Å². The average Bonchev–Trinajstić information content (AvgIpc) is 2.98. The Kier molecular flexibility index (Phi) is 5.16. The van der Waals surface area contributed by atoms with Gasteiger partial charge in [0.25, 0.3) is 0 Å². The Morgan fingerprint density at radius 3 is 2.56 bits per heavy atom. The topological polar surface area (TPSA) is 49.4 Å². The van der Waals surface area contributed by atoms with Crippen LogP contribution in [0, 0.1) is 19.8 Å². The van der Waals surface area contributed by atoms with Gasteiger partial charge in [-0.2, -0.15) is 0 Å². The zero-order valence-corrected chi connectivity index (χ0v) is 16.3. The van der Waals surface area contributed by atoms with E-state index in [2.05, 4.69) is 21.2 Å². The van der Waals surface area contributed by atoms with Gasteiger partial charge in [0.15, 0.2) is 0 Å². The number of nitrogens with one attached hydrogen (secondary N) is 1. The fraction of sp³-hybridized carbons (Fsp3) is 0.263. The molecule has 0 aliphatic carbocycles. The van der Waals surface area contributed by atoms with Crippen molar-refractivity contribution in [2.24, 2.45) is 5.92 Å². The van der Waals surface area contributed by atoms with E-state index in [4.69, 9.17) is 11.6 Å². The maximum absolute atomic E-state index is 12.6. The minimum atomic E-state index is -0.379. The summed E-state index contributed by atoms with van der Waals surface area (Å²) in [5.74, 6) is -0.574. The summed E-state index contributed by atoms with van der Waals surface area (Å²) in [4.78, 5) is 26.6. The van der Waals surface area contributed by atoms with Gasteiger partial charge in [-0.3, -0.25) is 9.59 Å². The second-order valence-electron chi connectivity index (χ2n) is 6.26. The summed E-state index contributed by atoms with van der Waals surface area (Å²) in [5.41, 5.74) is 3.42. The van der Waals surface area contributed by atoms with Gasteiger partial charge in [-0.05, 0) is 59.6 Å². The molecule has 3 rings (SSSR count). The number of amides is 2. The lowest BCUT2D eigenvalue weighted by Gasteiger charge is -2.17. The van der Waals surface area contributed by atoms with Gasteiger partial charge in [0.1, 0.15) is 0 Å². The molecule has 0 spiro atoms. The molecule has 130 valence electrons. The molecule has 1 fully saturated rings. The van der Waals surface area contributed by atoms with E-state index >= 15 is 0 Å². The molecule has 4 nitrogen and oxygen atoms in total. The third-order valence-electron chi connectivity index (χ3n) is 4.44. The number of rotatable bonds is 3. The van der Waals surface area contributed by atoms with Crippen LogP contribution in [0.2, 0.25) is 5.02 Å². The standard InChI is InChI=1S/C19H18BrClN2O2/c1-11-3-5-14(6-4-11)23-10-13(9-17(23)24)19(25)22-16-8-7-15(20)18(21)12(16)2/h3-8,13H,9-10H2,1-2H3,(H,22,25)/t13-/m1/s1. The predicted octanol–water partition coefficient (Wildman–Crippen LogP) is 4.71. The molecule has 0 saturated carbocycles. The van der Waals surface area contributed by atoms with E-state index in [1.54, 1.807) is 17.0 Å². The minimum Gasteiger partial charge on any atom is -0.325 e. The Morgan fingerprint density at radius 2 is 1.88 bits per heavy atom. The Labute approximate surface area is 160 Å². The number of carbonyl (C=O) groups is 2. The number of benzene rings is 2. The molecule has 2 amide bonds. The SMILES string of the molecule is Cc1ccc(N2C[C@H](C(=O)Nc3ccc(Br)c(Cl)c3C)CC2=O)cc1. The number of carbonyl (C=O) groups excluding carboxylic acids is 2. The van der Waals surface area contributed by atoms with E-state index in [1.165, 1.54) is 0 Å². The van der Waals surface area contributed by atoms with Crippen molar-refractivity contribution >= 4 is 50.7 Å². The highest BCUT2D eigenvalue weighted by molar-refractivity contribution is 9.10. The number of aryl methyl sites for hydroxylation is 1. The van der Waals surface area contributed by atoms with Crippen LogP contribution in [0.1, 0.15) is 17.5 Å². The quantitative estimate of drug-likeness (QED) is 0.780. The molecule has 2 aromatic rings. The van der Waals surface area contributed by atoms with Crippen LogP contribution in [-0.2, 0) is 9.59 Å². The maximum atomic E-state index is 12.6. The van der Waals surface area contributed by atoms with Gasteiger partial charge in [-0.25, -0.2) is 0 Å². The van der Waals surface area contributed by atoms with Crippen LogP contribution in [-0.4, -0.2) is 18.4 Å². The number of hydrogen-bond donors (Lipinski definition) is 1. The lowest BCUT2D eigenvalue weighted by molar-refractivity contribution is -0.122. The van der Waals surface area contributed by atoms with E-state index in [0.29, 0.717) is 17.3 Å². The first-order chi connectivity index (χ1) is 11.9. The van der Waals surface area contributed by atoms with Gasteiger partial charge >= 0.3 is 0 Å². The van der Waals surface area contributed by atoms with Gasteiger partial charge in [0.05, 0.1) is 10.9 Å². The van der Waals surface area contributed by atoms with Crippen LogP contribution in [0.4, 0.5) is 11.4 Å². The minimum absolute atomic E-state index is 0.0328. The van der Waals surface area contributed by atoms with Crippen LogP contribution in [0.5, 0.6) is 0 Å². The molecular formula is C19H18BrClN2O2. The van der Waals surface area contributed by atoms with Crippen molar-refractivity contribution in [3.8, 4) is 0 Å². The fourth-order valence-corrected chi connectivity index (χ4v) is 3.47. The molecule has 1 heterocycles. The second kappa shape index (κ2) is 7.18. The molecular weight excluding hydrogens is 404 g/mol. The lowest BCUT2D eigenvalue weighted by atomic mass is 10.1. The molecule has 0 bridgehead atoms. The highest BCUT2D eigenvalue weighted by Gasteiger charge is 2.35. The molecule has 1 atom stereocenters. The first-order valence-electron chi connectivity index (χ1n) is 7.99. The normalized spacial score (nSPS) is 17.0. The average molecular weight is 422 g/mol. The monoisotopic (exact) mass is 420 g/mol. The molecule has 0 unspecified atom stereocenters. The van der Waals surface area contributed by atoms with E-state index in [-0.39, 0.29) is 24.2 Å². The number of nitrogens with zero attached hydrogens (tertiary/aromatic N) is 1. The first-order valence-corrected chi connectivity index (χ1v) is 9.16. The van der Waals surface area contributed by atoms with Crippen molar-refractivity contribution < 1.29 is 9.59 Å². The van der Waals surface area contributed by atoms with Gasteiger partial charge < -0.3 is 10.2 Å². The maximum Gasteiger partial charge on any atom is 0.229 e. The van der Waals surface area contributed by atoms with Crippen molar-refractivity contribution in [2.45, 2.75) is 20.3 Å². The van der Waals surface area contributed by atoms with Crippen LogP contribution >= 0.6 is 27.5 Å². The Morgan fingerprint density at radius 1 is 1.20 bits per heavy atom. The first kappa shape index (κ1) is 18.0. The summed E-state index contributed by atoms with van der Waals surface area (Å²) >= 11 is 9.57. The van der Waals surface area contributed by atoms with Crippen molar-refractivity contribution in [3.63, 3.8) is 0 Å². The van der Waals surface area contributed by atoms with Crippen molar-refractivity contribution in [2.75, 3.05) is 16.8 Å². The van der Waals surface area contributed by atoms with Crippen LogP contribution in [0.15, 0.2) is 40.9 Å². The predicted molar refractivity (Wildman–Crippen MR) is 104 cm³/mol. The third kappa shape index (κ3) is 3.72. The molecule has 2 aromatic carbocycles. The highest BCUT2D eigenvalue weighted by Crippen LogP contribution is 2.32. The number of hydrogen-bond acceptors (Lipinski definition) is 2. The molecule has 25 heavy (non-hydrogen) atoms. The molecule has 1 N–H and O–H groups in total.